The zero-order valence-electron chi connectivity index (χ0n) is 18.4. The topological polar surface area (TPSA) is 79.0 Å². The van der Waals surface area contributed by atoms with Gasteiger partial charge in [0.1, 0.15) is 5.75 Å². The predicted molar refractivity (Wildman–Crippen MR) is 122 cm³/mol. The van der Waals surface area contributed by atoms with Crippen LogP contribution in [0.2, 0.25) is 0 Å². The summed E-state index contributed by atoms with van der Waals surface area (Å²) in [4.78, 5) is 41.7. The van der Waals surface area contributed by atoms with E-state index in [1.807, 2.05) is 42.2 Å². The zero-order valence-corrected chi connectivity index (χ0v) is 18.4. The summed E-state index contributed by atoms with van der Waals surface area (Å²) in [5.74, 6) is 0.521. The number of benzene rings is 2. The lowest BCUT2D eigenvalue weighted by atomic mass is 10.1. The summed E-state index contributed by atoms with van der Waals surface area (Å²) in [6, 6.07) is 11.3. The fourth-order valence-electron chi connectivity index (χ4n) is 4.61. The Hall–Kier alpha value is -3.35. The van der Waals surface area contributed by atoms with Crippen LogP contribution in [0.1, 0.15) is 30.4 Å². The lowest BCUT2D eigenvalue weighted by molar-refractivity contribution is -0.122. The number of nitrogens with one attached hydrogen (secondary N) is 1. The largest absolute Gasteiger partial charge is 0.497 e. The van der Waals surface area contributed by atoms with E-state index in [1.165, 1.54) is 0 Å². The molecule has 7 heteroatoms. The number of methoxy groups -OCH3 is 1. The first-order chi connectivity index (χ1) is 15.4. The Labute approximate surface area is 187 Å². The van der Waals surface area contributed by atoms with Gasteiger partial charge < -0.3 is 19.9 Å². The number of carbonyl (C=O) groups is 3. The van der Waals surface area contributed by atoms with Crippen LogP contribution in [-0.4, -0.2) is 37.9 Å². The van der Waals surface area contributed by atoms with Gasteiger partial charge in [-0.15, -0.1) is 0 Å². The molecular weight excluding hydrogens is 406 g/mol. The second kappa shape index (κ2) is 7.97. The van der Waals surface area contributed by atoms with Crippen molar-refractivity contribution in [1.29, 1.82) is 0 Å². The van der Waals surface area contributed by atoms with Crippen molar-refractivity contribution in [3.63, 3.8) is 0 Å². The molecule has 0 unspecified atom stereocenters. The third-order valence-corrected chi connectivity index (χ3v) is 6.65. The van der Waals surface area contributed by atoms with Gasteiger partial charge in [-0.1, -0.05) is 0 Å². The highest BCUT2D eigenvalue weighted by atomic mass is 16.5. The molecule has 2 aromatic rings. The Balaban J connectivity index is 1.28. The average molecular weight is 434 g/mol. The van der Waals surface area contributed by atoms with Gasteiger partial charge in [-0.2, -0.15) is 0 Å². The molecule has 5 rings (SSSR count). The fraction of sp³-hybridized carbons (Fsp3) is 0.400. The lowest BCUT2D eigenvalue weighted by Crippen LogP contribution is -2.30. The van der Waals surface area contributed by atoms with Gasteiger partial charge >= 0.3 is 0 Å². The molecule has 166 valence electrons. The second-order valence-electron chi connectivity index (χ2n) is 8.90. The molecule has 7 nitrogen and oxygen atoms in total. The highest BCUT2D eigenvalue weighted by Crippen LogP contribution is 2.38. The normalized spacial score (nSPS) is 19.8. The van der Waals surface area contributed by atoms with E-state index in [1.54, 1.807) is 18.1 Å². The summed E-state index contributed by atoms with van der Waals surface area (Å²) in [7, 11) is 1.60. The van der Waals surface area contributed by atoms with Crippen molar-refractivity contribution in [1.82, 2.24) is 0 Å². The average Bonchev–Trinajstić information content (AvgIpc) is 3.44. The minimum Gasteiger partial charge on any atom is -0.497 e. The van der Waals surface area contributed by atoms with Gasteiger partial charge in [0.15, 0.2) is 0 Å². The Bertz CT molecular complexity index is 1110. The zero-order chi connectivity index (χ0) is 22.4. The molecule has 2 aromatic carbocycles. The molecule has 0 spiro atoms. The Morgan fingerprint density at radius 3 is 2.62 bits per heavy atom. The predicted octanol–water partition coefficient (Wildman–Crippen LogP) is 3.29. The van der Waals surface area contributed by atoms with E-state index >= 15 is 0 Å². The summed E-state index contributed by atoms with van der Waals surface area (Å²) in [5.41, 5.74) is 4.47. The number of hydrogen-bond acceptors (Lipinski definition) is 4. The summed E-state index contributed by atoms with van der Waals surface area (Å²) in [5, 5.41) is 2.95. The number of aryl methyl sites for hydroxylation is 1. The minimum atomic E-state index is -0.412. The van der Waals surface area contributed by atoms with E-state index in [0.717, 1.165) is 53.2 Å². The molecule has 1 N–H and O–H groups in total. The van der Waals surface area contributed by atoms with Crippen LogP contribution in [0.3, 0.4) is 0 Å². The molecule has 3 aliphatic rings. The molecule has 1 saturated carbocycles. The van der Waals surface area contributed by atoms with E-state index < -0.39 is 5.92 Å². The van der Waals surface area contributed by atoms with E-state index in [-0.39, 0.29) is 30.1 Å². The number of anilines is 3. The lowest BCUT2D eigenvalue weighted by Gasteiger charge is -2.20. The quantitative estimate of drug-likeness (QED) is 0.785. The number of hydrogen-bond donors (Lipinski definition) is 1. The van der Waals surface area contributed by atoms with Crippen molar-refractivity contribution in [3.8, 4) is 5.75 Å². The van der Waals surface area contributed by atoms with Gasteiger partial charge in [-0.05, 0) is 73.7 Å². The van der Waals surface area contributed by atoms with Gasteiger partial charge in [-0.25, -0.2) is 0 Å². The van der Waals surface area contributed by atoms with Gasteiger partial charge in [0.2, 0.25) is 17.7 Å². The van der Waals surface area contributed by atoms with Crippen molar-refractivity contribution < 1.29 is 19.1 Å². The van der Waals surface area contributed by atoms with Gasteiger partial charge in [0.05, 0.1) is 13.0 Å². The fourth-order valence-corrected chi connectivity index (χ4v) is 4.61. The van der Waals surface area contributed by atoms with Crippen LogP contribution >= 0.6 is 0 Å². The first-order valence-corrected chi connectivity index (χ1v) is 11.1. The summed E-state index contributed by atoms with van der Waals surface area (Å²) >= 11 is 0. The van der Waals surface area contributed by atoms with Crippen LogP contribution in [0, 0.1) is 18.8 Å². The van der Waals surface area contributed by atoms with Crippen LogP contribution in [0.5, 0.6) is 5.75 Å². The molecule has 2 heterocycles. The molecule has 1 aliphatic carbocycles. The third-order valence-electron chi connectivity index (χ3n) is 6.65. The first kappa shape index (κ1) is 20.5. The number of nitrogens with zero attached hydrogens (tertiary/aromatic N) is 2. The van der Waals surface area contributed by atoms with Crippen molar-refractivity contribution in [2.24, 2.45) is 11.8 Å². The second-order valence-corrected chi connectivity index (χ2v) is 8.90. The molecular formula is C25H27N3O4. The highest BCUT2D eigenvalue weighted by molar-refractivity contribution is 6.04. The number of carbonyl (C=O) groups excluding carboxylic acids is 3. The molecule has 2 aliphatic heterocycles. The number of rotatable bonds is 5. The maximum absolute atomic E-state index is 12.9. The van der Waals surface area contributed by atoms with E-state index in [9.17, 15) is 14.4 Å². The van der Waals surface area contributed by atoms with Crippen molar-refractivity contribution in [2.75, 3.05) is 35.3 Å². The third kappa shape index (κ3) is 3.72. The molecule has 0 aromatic heterocycles. The summed E-state index contributed by atoms with van der Waals surface area (Å²) in [6.07, 6.45) is 2.96. The Kier molecular flexibility index (Phi) is 5.12. The number of ether oxygens (including phenoxy) is 1. The van der Waals surface area contributed by atoms with Crippen molar-refractivity contribution in [3.05, 3.63) is 47.5 Å². The van der Waals surface area contributed by atoms with Crippen molar-refractivity contribution >= 4 is 34.8 Å². The van der Waals surface area contributed by atoms with E-state index in [4.69, 9.17) is 4.74 Å². The maximum atomic E-state index is 12.9. The monoisotopic (exact) mass is 433 g/mol. The molecule has 32 heavy (non-hydrogen) atoms. The Morgan fingerprint density at radius 1 is 1.09 bits per heavy atom. The summed E-state index contributed by atoms with van der Waals surface area (Å²) < 4.78 is 5.21. The minimum absolute atomic E-state index is 0.0551. The van der Waals surface area contributed by atoms with Crippen LogP contribution < -0.4 is 19.9 Å². The van der Waals surface area contributed by atoms with E-state index in [0.29, 0.717) is 13.1 Å². The number of fused-ring (bicyclic) bond motifs is 1. The summed E-state index contributed by atoms with van der Waals surface area (Å²) in [6.45, 7) is 2.96. The van der Waals surface area contributed by atoms with Crippen LogP contribution in [0.25, 0.3) is 0 Å². The molecule has 2 fully saturated rings. The standard InChI is InChI=1S/C25H27N3O4/c1-15-11-20(32-2)6-7-21(15)26-24(30)18-13-23(29)28(14-18)19-5-8-22-17(12-19)9-10-27(22)25(31)16-3-4-16/h5-8,11-12,16,18H,3-4,9-10,13-14H2,1-2H3,(H,26,30)/t18-/m1/s1. The van der Waals surface area contributed by atoms with Gasteiger partial charge in [0, 0.05) is 42.5 Å². The highest BCUT2D eigenvalue weighted by Gasteiger charge is 2.38. The molecule has 1 atom stereocenters. The molecule has 3 amide bonds. The maximum Gasteiger partial charge on any atom is 0.230 e. The molecule has 1 saturated heterocycles. The number of amides is 3. The van der Waals surface area contributed by atoms with Crippen LogP contribution in [0.4, 0.5) is 17.1 Å². The first-order valence-electron chi connectivity index (χ1n) is 11.1. The van der Waals surface area contributed by atoms with Crippen molar-refractivity contribution in [2.45, 2.75) is 32.6 Å². The molecule has 0 radical (unpaired) electrons. The molecule has 0 bridgehead atoms. The van der Waals surface area contributed by atoms with Gasteiger partial charge in [0.25, 0.3) is 0 Å². The van der Waals surface area contributed by atoms with Crippen LogP contribution in [0.15, 0.2) is 36.4 Å². The van der Waals surface area contributed by atoms with Gasteiger partial charge in [-0.3, -0.25) is 14.4 Å². The smallest absolute Gasteiger partial charge is 0.230 e. The Morgan fingerprint density at radius 2 is 1.91 bits per heavy atom. The van der Waals surface area contributed by atoms with E-state index in [2.05, 4.69) is 5.32 Å². The SMILES string of the molecule is COc1ccc(NC(=O)[C@@H]2CC(=O)N(c3ccc4c(c3)CCN4C(=O)C3CC3)C2)c(C)c1. The van der Waals surface area contributed by atoms with Crippen LogP contribution in [-0.2, 0) is 20.8 Å².